The number of hydrogen-bond donors (Lipinski definition) is 2. The summed E-state index contributed by atoms with van der Waals surface area (Å²) >= 11 is 0. The molecule has 130 valence electrons. The van der Waals surface area contributed by atoms with Gasteiger partial charge in [-0.3, -0.25) is 0 Å². The lowest BCUT2D eigenvalue weighted by Crippen LogP contribution is -2.40. The first-order valence-corrected chi connectivity index (χ1v) is 7.42. The molecule has 0 aliphatic carbocycles. The molecule has 0 atom stereocenters. The Morgan fingerprint density at radius 2 is 1.22 bits per heavy atom. The summed E-state index contributed by atoms with van der Waals surface area (Å²) in [5, 5.41) is 5.36. The van der Waals surface area contributed by atoms with E-state index < -0.39 is 12.2 Å². The number of rotatable bonds is 4. The van der Waals surface area contributed by atoms with E-state index in [-0.39, 0.29) is 24.3 Å². The Kier molecular flexibility index (Phi) is 6.06. The number of furan rings is 1. The number of amides is 2. The maximum Gasteiger partial charge on any atom is 0.407 e. The second kappa shape index (κ2) is 7.39. The third-order valence-corrected chi connectivity index (χ3v) is 2.36. The van der Waals surface area contributed by atoms with Gasteiger partial charge in [-0.15, -0.1) is 0 Å². The Labute approximate surface area is 136 Å². The predicted molar refractivity (Wildman–Crippen MR) is 84.9 cm³/mol. The molecule has 7 nitrogen and oxygen atoms in total. The Morgan fingerprint density at radius 1 is 0.870 bits per heavy atom. The number of carbonyl (C=O) groups excluding carboxylic acids is 2. The standard InChI is InChI=1S/C16H26N2O5/c1-15(2,3)17-13(19)21-9-11-7-8-12(23-11)10-22-14(20)18-16(4,5)6/h7-8H,9-10H2,1-6H3,(H,17,19)(H,18,20). The Hall–Kier alpha value is -2.18. The quantitative estimate of drug-likeness (QED) is 0.886. The van der Waals surface area contributed by atoms with Crippen molar-refractivity contribution in [1.29, 1.82) is 0 Å². The van der Waals surface area contributed by atoms with Crippen LogP contribution >= 0.6 is 0 Å². The molecule has 0 unspecified atom stereocenters. The van der Waals surface area contributed by atoms with Gasteiger partial charge in [0.05, 0.1) is 0 Å². The zero-order valence-electron chi connectivity index (χ0n) is 14.6. The minimum absolute atomic E-state index is 0.0100. The van der Waals surface area contributed by atoms with Crippen molar-refractivity contribution >= 4 is 12.2 Å². The summed E-state index contributed by atoms with van der Waals surface area (Å²) in [4.78, 5) is 23.1. The molecule has 0 fully saturated rings. The Bertz CT molecular complexity index is 491. The fraction of sp³-hybridized carbons (Fsp3) is 0.625. The summed E-state index contributed by atoms with van der Waals surface area (Å²) in [7, 11) is 0. The van der Waals surface area contributed by atoms with Crippen LogP contribution in [0, 0.1) is 0 Å². The van der Waals surface area contributed by atoms with Crippen LogP contribution in [0.1, 0.15) is 53.1 Å². The van der Waals surface area contributed by atoms with Gasteiger partial charge < -0.3 is 24.5 Å². The minimum Gasteiger partial charge on any atom is -0.459 e. The fourth-order valence-corrected chi connectivity index (χ4v) is 1.54. The molecule has 0 saturated carbocycles. The van der Waals surface area contributed by atoms with Crippen molar-refractivity contribution < 1.29 is 23.5 Å². The van der Waals surface area contributed by atoms with Gasteiger partial charge in [0.1, 0.15) is 11.5 Å². The molecule has 7 heteroatoms. The summed E-state index contributed by atoms with van der Waals surface area (Å²) in [6, 6.07) is 3.34. The van der Waals surface area contributed by atoms with E-state index in [0.29, 0.717) is 11.5 Å². The molecule has 1 aromatic rings. The van der Waals surface area contributed by atoms with Crippen molar-refractivity contribution in [1.82, 2.24) is 10.6 Å². The van der Waals surface area contributed by atoms with Crippen LogP contribution in [0.5, 0.6) is 0 Å². The molecule has 2 N–H and O–H groups in total. The Balaban J connectivity index is 2.38. The highest BCUT2D eigenvalue weighted by molar-refractivity contribution is 5.68. The number of nitrogens with one attached hydrogen (secondary N) is 2. The van der Waals surface area contributed by atoms with Gasteiger partial charge in [0, 0.05) is 11.1 Å². The zero-order chi connectivity index (χ0) is 17.7. The van der Waals surface area contributed by atoms with Crippen molar-refractivity contribution in [2.24, 2.45) is 0 Å². The highest BCUT2D eigenvalue weighted by Gasteiger charge is 2.16. The van der Waals surface area contributed by atoms with E-state index in [4.69, 9.17) is 13.9 Å². The number of hydrogen-bond acceptors (Lipinski definition) is 5. The van der Waals surface area contributed by atoms with Gasteiger partial charge in [-0.25, -0.2) is 9.59 Å². The van der Waals surface area contributed by atoms with E-state index in [1.165, 1.54) is 0 Å². The third-order valence-electron chi connectivity index (χ3n) is 2.36. The molecule has 0 aromatic carbocycles. The summed E-state index contributed by atoms with van der Waals surface area (Å²) in [5.74, 6) is 0.952. The molecule has 1 heterocycles. The van der Waals surface area contributed by atoms with Crippen molar-refractivity contribution in [3.63, 3.8) is 0 Å². The first kappa shape index (κ1) is 18.9. The molecular weight excluding hydrogens is 300 g/mol. The highest BCUT2D eigenvalue weighted by Crippen LogP contribution is 2.11. The monoisotopic (exact) mass is 326 g/mol. The fourth-order valence-electron chi connectivity index (χ4n) is 1.54. The summed E-state index contributed by atoms with van der Waals surface area (Å²) in [6.07, 6.45) is -1.03. The molecule has 1 aromatic heterocycles. The second-order valence-electron chi connectivity index (χ2n) is 7.27. The lowest BCUT2D eigenvalue weighted by molar-refractivity contribution is 0.114. The maximum absolute atomic E-state index is 11.5. The summed E-state index contributed by atoms with van der Waals surface area (Å²) < 4.78 is 15.5. The Morgan fingerprint density at radius 3 is 1.52 bits per heavy atom. The van der Waals surface area contributed by atoms with Gasteiger partial charge in [0.15, 0.2) is 13.2 Å². The lowest BCUT2D eigenvalue weighted by Gasteiger charge is -2.19. The van der Waals surface area contributed by atoms with Crippen LogP contribution in [0.4, 0.5) is 9.59 Å². The van der Waals surface area contributed by atoms with E-state index in [2.05, 4.69) is 10.6 Å². The smallest absolute Gasteiger partial charge is 0.407 e. The van der Waals surface area contributed by atoms with Crippen LogP contribution < -0.4 is 10.6 Å². The topological polar surface area (TPSA) is 89.8 Å². The molecule has 0 saturated heterocycles. The van der Waals surface area contributed by atoms with Crippen molar-refractivity contribution in [3.8, 4) is 0 Å². The molecule has 0 bridgehead atoms. The third kappa shape index (κ3) is 8.75. The number of alkyl carbamates (subject to hydrolysis) is 2. The lowest BCUT2D eigenvalue weighted by atomic mass is 10.1. The molecular formula is C16H26N2O5. The average molecular weight is 326 g/mol. The van der Waals surface area contributed by atoms with Crippen LogP contribution in [-0.2, 0) is 22.7 Å². The first-order chi connectivity index (χ1) is 10.4. The van der Waals surface area contributed by atoms with E-state index in [1.807, 2.05) is 41.5 Å². The molecule has 0 radical (unpaired) electrons. The van der Waals surface area contributed by atoms with Crippen molar-refractivity contribution in [3.05, 3.63) is 23.7 Å². The van der Waals surface area contributed by atoms with Crippen LogP contribution in [0.15, 0.2) is 16.5 Å². The first-order valence-electron chi connectivity index (χ1n) is 7.42. The van der Waals surface area contributed by atoms with Crippen molar-refractivity contribution in [2.75, 3.05) is 0 Å². The van der Waals surface area contributed by atoms with E-state index in [9.17, 15) is 9.59 Å². The molecule has 1 rings (SSSR count). The van der Waals surface area contributed by atoms with E-state index >= 15 is 0 Å². The van der Waals surface area contributed by atoms with E-state index in [0.717, 1.165) is 0 Å². The van der Waals surface area contributed by atoms with Crippen LogP contribution in [-0.4, -0.2) is 23.3 Å². The summed E-state index contributed by atoms with van der Waals surface area (Å²) in [6.45, 7) is 11.2. The SMILES string of the molecule is CC(C)(C)NC(=O)OCc1ccc(COC(=O)NC(C)(C)C)o1. The van der Waals surface area contributed by atoms with Gasteiger partial charge >= 0.3 is 12.2 Å². The largest absolute Gasteiger partial charge is 0.459 e. The van der Waals surface area contributed by atoms with Gasteiger partial charge in [0.2, 0.25) is 0 Å². The van der Waals surface area contributed by atoms with Crippen LogP contribution in [0.2, 0.25) is 0 Å². The van der Waals surface area contributed by atoms with E-state index in [1.54, 1.807) is 12.1 Å². The number of carbonyl (C=O) groups is 2. The maximum atomic E-state index is 11.5. The van der Waals surface area contributed by atoms with Gasteiger partial charge in [0.25, 0.3) is 0 Å². The van der Waals surface area contributed by atoms with Crippen LogP contribution in [0.3, 0.4) is 0 Å². The molecule has 0 aliphatic rings. The molecule has 2 amide bonds. The molecule has 23 heavy (non-hydrogen) atoms. The highest BCUT2D eigenvalue weighted by atomic mass is 16.6. The molecule has 0 spiro atoms. The molecule has 0 aliphatic heterocycles. The van der Waals surface area contributed by atoms with Gasteiger partial charge in [-0.1, -0.05) is 0 Å². The van der Waals surface area contributed by atoms with Gasteiger partial charge in [-0.05, 0) is 53.7 Å². The average Bonchev–Trinajstić information content (AvgIpc) is 2.77. The summed E-state index contributed by atoms with van der Waals surface area (Å²) in [5.41, 5.74) is -0.723. The normalized spacial score (nSPS) is 11.7. The zero-order valence-corrected chi connectivity index (χ0v) is 14.6. The second-order valence-corrected chi connectivity index (χ2v) is 7.27. The predicted octanol–water partition coefficient (Wildman–Crippen LogP) is 3.33. The number of ether oxygens (including phenoxy) is 2. The van der Waals surface area contributed by atoms with Crippen molar-refractivity contribution in [2.45, 2.75) is 65.8 Å². The van der Waals surface area contributed by atoms with Gasteiger partial charge in [-0.2, -0.15) is 0 Å². The van der Waals surface area contributed by atoms with Crippen LogP contribution in [0.25, 0.3) is 0 Å². The minimum atomic E-state index is -0.517.